The second-order valence-electron chi connectivity index (χ2n) is 7.40. The van der Waals surface area contributed by atoms with Crippen molar-refractivity contribution in [2.75, 3.05) is 19.8 Å². The number of aliphatic hydroxyl groups excluding tert-OH is 4. The van der Waals surface area contributed by atoms with Gasteiger partial charge in [-0.2, -0.15) is 0 Å². The molecule has 6 nitrogen and oxygen atoms in total. The van der Waals surface area contributed by atoms with Crippen molar-refractivity contribution in [2.24, 2.45) is 0 Å². The van der Waals surface area contributed by atoms with Crippen molar-refractivity contribution in [3.05, 3.63) is 64.2 Å². The smallest absolute Gasteiger partial charge is 0.119 e. The Labute approximate surface area is 175 Å². The average molecular weight is 423 g/mol. The molecule has 7 heteroatoms. The van der Waals surface area contributed by atoms with Crippen LogP contribution >= 0.6 is 11.6 Å². The van der Waals surface area contributed by atoms with Gasteiger partial charge in [0.15, 0.2) is 0 Å². The van der Waals surface area contributed by atoms with Crippen LogP contribution < -0.4 is 4.74 Å². The van der Waals surface area contributed by atoms with Crippen molar-refractivity contribution < 1.29 is 29.9 Å². The number of hydrogen-bond acceptors (Lipinski definition) is 6. The quantitative estimate of drug-likeness (QED) is 0.546. The fourth-order valence-electron chi connectivity index (χ4n) is 3.61. The van der Waals surface area contributed by atoms with Crippen LogP contribution in [0.3, 0.4) is 0 Å². The van der Waals surface area contributed by atoms with Gasteiger partial charge >= 0.3 is 0 Å². The molecule has 0 spiro atoms. The Hall–Kier alpha value is -1.67. The van der Waals surface area contributed by atoms with Gasteiger partial charge in [-0.05, 0) is 48.2 Å². The molecule has 0 aliphatic carbocycles. The zero-order chi connectivity index (χ0) is 21.0. The number of aliphatic hydroxyl groups is 4. The van der Waals surface area contributed by atoms with Crippen LogP contribution in [-0.4, -0.2) is 58.1 Å². The van der Waals surface area contributed by atoms with Crippen molar-refractivity contribution in [3.8, 4) is 5.75 Å². The zero-order valence-electron chi connectivity index (χ0n) is 16.3. The summed E-state index contributed by atoms with van der Waals surface area (Å²) in [6, 6.07) is 13.0. The maximum absolute atomic E-state index is 10.5. The lowest BCUT2D eigenvalue weighted by atomic mass is 9.86. The minimum Gasteiger partial charge on any atom is -0.494 e. The SMILES string of the molecule is CCOc1ccc(Cc2cc([C@@H]3OC(CO)(CO)CC(O)C3O)ccc2Cl)cc1. The molecule has 2 aromatic rings. The van der Waals surface area contributed by atoms with Gasteiger partial charge in [-0.3, -0.25) is 0 Å². The van der Waals surface area contributed by atoms with Crippen LogP contribution in [0, 0.1) is 0 Å². The lowest BCUT2D eigenvalue weighted by Gasteiger charge is -2.44. The van der Waals surface area contributed by atoms with Gasteiger partial charge in [-0.15, -0.1) is 0 Å². The largest absolute Gasteiger partial charge is 0.494 e. The third-order valence-corrected chi connectivity index (χ3v) is 5.63. The molecule has 3 rings (SSSR count). The zero-order valence-corrected chi connectivity index (χ0v) is 17.0. The minimum absolute atomic E-state index is 0.0513. The number of halogens is 1. The number of benzene rings is 2. The Morgan fingerprint density at radius 2 is 1.79 bits per heavy atom. The lowest BCUT2D eigenvalue weighted by molar-refractivity contribution is -0.240. The van der Waals surface area contributed by atoms with Crippen LogP contribution in [0.4, 0.5) is 0 Å². The Balaban J connectivity index is 1.85. The maximum atomic E-state index is 10.5. The van der Waals surface area contributed by atoms with E-state index in [1.807, 2.05) is 37.3 Å². The Morgan fingerprint density at radius 1 is 1.10 bits per heavy atom. The summed E-state index contributed by atoms with van der Waals surface area (Å²) >= 11 is 6.38. The van der Waals surface area contributed by atoms with Crippen LogP contribution in [-0.2, 0) is 11.2 Å². The summed E-state index contributed by atoms with van der Waals surface area (Å²) in [7, 11) is 0. The molecular formula is C22H27ClO6. The molecule has 1 heterocycles. The van der Waals surface area contributed by atoms with Gasteiger partial charge < -0.3 is 29.9 Å². The molecule has 1 aliphatic rings. The van der Waals surface area contributed by atoms with E-state index < -0.39 is 37.1 Å². The van der Waals surface area contributed by atoms with Gasteiger partial charge in [-0.1, -0.05) is 35.9 Å². The summed E-state index contributed by atoms with van der Waals surface area (Å²) in [5, 5.41) is 40.6. The van der Waals surface area contributed by atoms with Gasteiger partial charge in [0.05, 0.1) is 25.9 Å². The second kappa shape index (κ2) is 9.43. The number of rotatable bonds is 7. The monoisotopic (exact) mass is 422 g/mol. The third-order valence-electron chi connectivity index (χ3n) is 5.27. The highest BCUT2D eigenvalue weighted by atomic mass is 35.5. The van der Waals surface area contributed by atoms with Crippen molar-refractivity contribution in [2.45, 2.75) is 43.7 Å². The molecule has 158 valence electrons. The van der Waals surface area contributed by atoms with E-state index in [0.29, 0.717) is 23.6 Å². The van der Waals surface area contributed by atoms with E-state index in [1.165, 1.54) is 0 Å². The summed E-state index contributed by atoms with van der Waals surface area (Å²) in [5.41, 5.74) is 1.19. The predicted molar refractivity (Wildman–Crippen MR) is 109 cm³/mol. The predicted octanol–water partition coefficient (Wildman–Crippen LogP) is 2.24. The molecule has 2 unspecified atom stereocenters. The van der Waals surface area contributed by atoms with Crippen LogP contribution in [0.15, 0.2) is 42.5 Å². The third kappa shape index (κ3) is 4.91. The normalized spacial score (nSPS) is 23.7. The first-order chi connectivity index (χ1) is 13.9. The Kier molecular flexibility index (Phi) is 7.16. The first-order valence-electron chi connectivity index (χ1n) is 9.67. The van der Waals surface area contributed by atoms with Gasteiger partial charge in [0, 0.05) is 11.4 Å². The molecule has 1 saturated heterocycles. The molecule has 0 amide bonds. The maximum Gasteiger partial charge on any atom is 0.119 e. The highest BCUT2D eigenvalue weighted by molar-refractivity contribution is 6.31. The first kappa shape index (κ1) is 22.0. The van der Waals surface area contributed by atoms with Gasteiger partial charge in [0.2, 0.25) is 0 Å². The molecule has 1 aliphatic heterocycles. The van der Waals surface area contributed by atoms with Gasteiger partial charge in [-0.25, -0.2) is 0 Å². The molecule has 4 N–H and O–H groups in total. The number of ether oxygens (including phenoxy) is 2. The van der Waals surface area contributed by atoms with Crippen molar-refractivity contribution >= 4 is 11.6 Å². The Bertz CT molecular complexity index is 805. The van der Waals surface area contributed by atoms with E-state index in [9.17, 15) is 20.4 Å². The topological polar surface area (TPSA) is 99.4 Å². The van der Waals surface area contributed by atoms with E-state index in [2.05, 4.69) is 0 Å². The molecule has 0 radical (unpaired) electrons. The van der Waals surface area contributed by atoms with E-state index in [-0.39, 0.29) is 6.42 Å². The summed E-state index contributed by atoms with van der Waals surface area (Å²) < 4.78 is 11.3. The second-order valence-corrected chi connectivity index (χ2v) is 7.81. The first-order valence-corrected chi connectivity index (χ1v) is 10.0. The molecule has 0 aromatic heterocycles. The summed E-state index contributed by atoms with van der Waals surface area (Å²) in [5.74, 6) is 0.799. The van der Waals surface area contributed by atoms with E-state index in [4.69, 9.17) is 21.1 Å². The highest BCUT2D eigenvalue weighted by Gasteiger charge is 2.46. The molecule has 29 heavy (non-hydrogen) atoms. The summed E-state index contributed by atoms with van der Waals surface area (Å²) in [6.07, 6.45) is -2.69. The lowest BCUT2D eigenvalue weighted by Crippen LogP contribution is -2.54. The molecule has 2 aromatic carbocycles. The standard InChI is InChI=1S/C22H27ClO6/c1-2-28-17-6-3-14(4-7-17)9-16-10-15(5-8-18(16)23)21-20(27)19(26)11-22(12-24,13-25)29-21/h3-8,10,19-21,24-27H,2,9,11-13H2,1H3/t19?,20?,21-/m0/s1. The van der Waals surface area contributed by atoms with E-state index >= 15 is 0 Å². The molecule has 3 atom stereocenters. The fraction of sp³-hybridized carbons (Fsp3) is 0.455. The van der Waals surface area contributed by atoms with Crippen LogP contribution in [0.1, 0.15) is 36.1 Å². The average Bonchev–Trinajstić information content (AvgIpc) is 2.73. The fourth-order valence-corrected chi connectivity index (χ4v) is 3.79. The van der Waals surface area contributed by atoms with Crippen molar-refractivity contribution in [3.63, 3.8) is 0 Å². The minimum atomic E-state index is -1.31. The molecule has 1 fully saturated rings. The van der Waals surface area contributed by atoms with Crippen molar-refractivity contribution in [1.29, 1.82) is 0 Å². The van der Waals surface area contributed by atoms with E-state index in [1.54, 1.807) is 12.1 Å². The van der Waals surface area contributed by atoms with E-state index in [0.717, 1.165) is 16.9 Å². The van der Waals surface area contributed by atoms with Crippen molar-refractivity contribution in [1.82, 2.24) is 0 Å². The summed E-state index contributed by atoms with van der Waals surface area (Å²) in [6.45, 7) is 1.61. The molecule has 0 saturated carbocycles. The van der Waals surface area contributed by atoms with Gasteiger partial charge in [0.1, 0.15) is 23.6 Å². The molecule has 0 bridgehead atoms. The summed E-state index contributed by atoms with van der Waals surface area (Å²) in [4.78, 5) is 0. The highest BCUT2D eigenvalue weighted by Crippen LogP contribution is 2.38. The van der Waals surface area contributed by atoms with Crippen LogP contribution in [0.25, 0.3) is 0 Å². The Morgan fingerprint density at radius 3 is 2.41 bits per heavy atom. The van der Waals surface area contributed by atoms with Crippen LogP contribution in [0.2, 0.25) is 5.02 Å². The van der Waals surface area contributed by atoms with Crippen LogP contribution in [0.5, 0.6) is 5.75 Å². The van der Waals surface area contributed by atoms with Gasteiger partial charge in [0.25, 0.3) is 0 Å². The molecular weight excluding hydrogens is 396 g/mol. The number of hydrogen-bond donors (Lipinski definition) is 4.